The van der Waals surface area contributed by atoms with Crippen molar-refractivity contribution in [2.24, 2.45) is 5.73 Å². The molecule has 2 N–H and O–H groups in total. The molecule has 2 heterocycles. The highest BCUT2D eigenvalue weighted by Crippen LogP contribution is 2.40. The van der Waals surface area contributed by atoms with E-state index in [4.69, 9.17) is 16.9 Å². The first kappa shape index (κ1) is 18.4. The molecule has 1 amide bonds. The molecule has 2 aromatic carbocycles. The molecule has 0 radical (unpaired) electrons. The topological polar surface area (TPSA) is 72.6 Å². The number of thioether (sulfide) groups is 1. The molecule has 0 saturated carbocycles. The molecule has 140 valence electrons. The molecule has 1 saturated heterocycles. The van der Waals surface area contributed by atoms with E-state index >= 15 is 0 Å². The number of β-lactam (4-membered cyclic amide) rings is 1. The van der Waals surface area contributed by atoms with Crippen molar-refractivity contribution in [2.75, 3.05) is 5.75 Å². The highest BCUT2D eigenvalue weighted by Gasteiger charge is 2.52. The third kappa shape index (κ3) is 3.09. The molecule has 1 unspecified atom stereocenters. The SMILES string of the molecule is C#CC1=C(C(=O)OC(c2ccccc2)c2ccccc2)N2C(=O)C(N)[C@H]2SC1. The average molecular weight is 390 g/mol. The molecule has 6 heteroatoms. The Balaban J connectivity index is 1.69. The van der Waals surface area contributed by atoms with Gasteiger partial charge in [-0.2, -0.15) is 0 Å². The van der Waals surface area contributed by atoms with Crippen molar-refractivity contribution < 1.29 is 14.3 Å². The van der Waals surface area contributed by atoms with Crippen LogP contribution < -0.4 is 5.73 Å². The third-order valence-corrected chi connectivity index (χ3v) is 6.11. The maximum Gasteiger partial charge on any atom is 0.357 e. The minimum atomic E-state index is -0.619. The number of rotatable bonds is 4. The van der Waals surface area contributed by atoms with Crippen LogP contribution in [0.25, 0.3) is 0 Å². The monoisotopic (exact) mass is 390 g/mol. The normalized spacial score (nSPS) is 21.0. The highest BCUT2D eigenvalue weighted by atomic mass is 32.2. The fourth-order valence-corrected chi connectivity index (χ4v) is 4.60. The smallest absolute Gasteiger partial charge is 0.357 e. The lowest BCUT2D eigenvalue weighted by molar-refractivity contribution is -0.153. The van der Waals surface area contributed by atoms with Crippen molar-refractivity contribution in [3.8, 4) is 12.3 Å². The van der Waals surface area contributed by atoms with Crippen LogP contribution in [0.1, 0.15) is 17.2 Å². The van der Waals surface area contributed by atoms with Crippen LogP contribution in [0.2, 0.25) is 0 Å². The molecule has 2 aliphatic rings. The summed E-state index contributed by atoms with van der Waals surface area (Å²) in [5.74, 6) is 2.05. The first-order valence-corrected chi connectivity index (χ1v) is 9.87. The van der Waals surface area contributed by atoms with Gasteiger partial charge in [0.1, 0.15) is 17.1 Å². The first-order valence-electron chi connectivity index (χ1n) is 8.82. The van der Waals surface area contributed by atoms with Crippen molar-refractivity contribution in [3.05, 3.63) is 83.1 Å². The minimum Gasteiger partial charge on any atom is -0.448 e. The Hall–Kier alpha value is -3.01. The number of nitrogens with two attached hydrogens (primary N) is 1. The number of carbonyl (C=O) groups is 2. The Kier molecular flexibility index (Phi) is 4.95. The van der Waals surface area contributed by atoms with Gasteiger partial charge in [-0.25, -0.2) is 4.79 Å². The van der Waals surface area contributed by atoms with Gasteiger partial charge in [-0.05, 0) is 11.1 Å². The Morgan fingerprint density at radius 1 is 1.14 bits per heavy atom. The van der Waals surface area contributed by atoms with Crippen LogP contribution in [0, 0.1) is 12.3 Å². The van der Waals surface area contributed by atoms with Gasteiger partial charge < -0.3 is 10.5 Å². The molecule has 2 atom stereocenters. The second-order valence-corrected chi connectivity index (χ2v) is 7.62. The summed E-state index contributed by atoms with van der Waals surface area (Å²) in [5.41, 5.74) is 8.12. The molecule has 0 bridgehead atoms. The lowest BCUT2D eigenvalue weighted by Gasteiger charge is -2.47. The summed E-state index contributed by atoms with van der Waals surface area (Å²) >= 11 is 1.46. The van der Waals surface area contributed by atoms with Gasteiger partial charge in [0.05, 0.1) is 0 Å². The molecule has 0 spiro atoms. The molecule has 2 aromatic rings. The summed E-state index contributed by atoms with van der Waals surface area (Å²) in [6.45, 7) is 0. The quantitative estimate of drug-likeness (QED) is 0.493. The van der Waals surface area contributed by atoms with E-state index in [1.54, 1.807) is 0 Å². The number of hydrogen-bond donors (Lipinski definition) is 1. The number of benzene rings is 2. The van der Waals surface area contributed by atoms with Gasteiger partial charge in [0.15, 0.2) is 6.10 Å². The van der Waals surface area contributed by atoms with E-state index in [1.807, 2.05) is 60.7 Å². The van der Waals surface area contributed by atoms with Crippen LogP contribution in [0.5, 0.6) is 0 Å². The van der Waals surface area contributed by atoms with Gasteiger partial charge in [0, 0.05) is 11.3 Å². The van der Waals surface area contributed by atoms with E-state index in [-0.39, 0.29) is 17.0 Å². The van der Waals surface area contributed by atoms with Gasteiger partial charge >= 0.3 is 5.97 Å². The summed E-state index contributed by atoms with van der Waals surface area (Å²) in [7, 11) is 0. The number of nitrogens with zero attached hydrogens (tertiary/aromatic N) is 1. The Morgan fingerprint density at radius 3 is 2.25 bits per heavy atom. The molecule has 5 nitrogen and oxygen atoms in total. The number of terminal acetylenes is 1. The maximum absolute atomic E-state index is 13.1. The standard InChI is InChI=1S/C22H18N2O3S/c1-2-14-13-28-21-17(23)20(25)24(21)18(14)22(26)27-19(15-9-5-3-6-10-15)16-11-7-4-8-12-16/h1,3-12,17,19,21H,13,23H2/t17?,21-/m1/s1. The van der Waals surface area contributed by atoms with Crippen LogP contribution in [-0.4, -0.2) is 33.9 Å². The van der Waals surface area contributed by atoms with E-state index in [2.05, 4.69) is 5.92 Å². The predicted molar refractivity (Wildman–Crippen MR) is 108 cm³/mol. The van der Waals surface area contributed by atoms with Crippen molar-refractivity contribution >= 4 is 23.6 Å². The molecule has 0 aliphatic carbocycles. The van der Waals surface area contributed by atoms with Crippen LogP contribution in [0.4, 0.5) is 0 Å². The number of fused-ring (bicyclic) bond motifs is 1. The summed E-state index contributed by atoms with van der Waals surface area (Å²) in [6, 6.07) is 18.3. The summed E-state index contributed by atoms with van der Waals surface area (Å²) in [4.78, 5) is 26.8. The lowest BCUT2D eigenvalue weighted by atomic mass is 10.0. The third-order valence-electron chi connectivity index (χ3n) is 4.81. The van der Waals surface area contributed by atoms with Crippen molar-refractivity contribution in [1.29, 1.82) is 0 Å². The molecule has 0 aromatic heterocycles. The van der Waals surface area contributed by atoms with Gasteiger partial charge in [-0.15, -0.1) is 18.2 Å². The second-order valence-electron chi connectivity index (χ2n) is 6.51. The van der Waals surface area contributed by atoms with Crippen LogP contribution in [0.15, 0.2) is 71.9 Å². The van der Waals surface area contributed by atoms with Gasteiger partial charge in [0.25, 0.3) is 0 Å². The predicted octanol–water partition coefficient (Wildman–Crippen LogP) is 2.45. The zero-order valence-electron chi connectivity index (χ0n) is 14.9. The molecule has 2 aliphatic heterocycles. The Bertz CT molecular complexity index is 942. The number of amides is 1. The number of hydrogen-bond acceptors (Lipinski definition) is 5. The van der Waals surface area contributed by atoms with Crippen LogP contribution in [-0.2, 0) is 14.3 Å². The summed E-state index contributed by atoms with van der Waals surface area (Å²) in [5, 5.41) is -0.279. The van der Waals surface area contributed by atoms with Gasteiger partial charge in [-0.3, -0.25) is 9.69 Å². The minimum absolute atomic E-state index is 0.134. The van der Waals surface area contributed by atoms with Gasteiger partial charge in [0.2, 0.25) is 5.91 Å². The Morgan fingerprint density at radius 2 is 1.71 bits per heavy atom. The largest absolute Gasteiger partial charge is 0.448 e. The fraction of sp³-hybridized carbons (Fsp3) is 0.182. The summed E-state index contributed by atoms with van der Waals surface area (Å²) < 4.78 is 5.89. The van der Waals surface area contributed by atoms with E-state index in [0.29, 0.717) is 11.3 Å². The van der Waals surface area contributed by atoms with Gasteiger partial charge in [-0.1, -0.05) is 66.6 Å². The zero-order chi connectivity index (χ0) is 19.7. The fourth-order valence-electron chi connectivity index (χ4n) is 3.36. The van der Waals surface area contributed by atoms with E-state index < -0.39 is 18.1 Å². The highest BCUT2D eigenvalue weighted by molar-refractivity contribution is 8.00. The lowest BCUT2D eigenvalue weighted by Crippen LogP contribution is -2.68. The van der Waals surface area contributed by atoms with Crippen LogP contribution >= 0.6 is 11.8 Å². The average Bonchev–Trinajstić information content (AvgIpc) is 2.76. The number of carbonyl (C=O) groups excluding carboxylic acids is 2. The van der Waals surface area contributed by atoms with Crippen molar-refractivity contribution in [2.45, 2.75) is 17.5 Å². The Labute approximate surface area is 167 Å². The molecule has 1 fully saturated rings. The maximum atomic E-state index is 13.1. The molecule has 28 heavy (non-hydrogen) atoms. The zero-order valence-corrected chi connectivity index (χ0v) is 15.8. The molecular formula is C22H18N2O3S. The number of esters is 1. The van der Waals surface area contributed by atoms with Crippen LogP contribution in [0.3, 0.4) is 0 Å². The van der Waals surface area contributed by atoms with E-state index in [9.17, 15) is 9.59 Å². The second kappa shape index (κ2) is 7.55. The van der Waals surface area contributed by atoms with Crippen molar-refractivity contribution in [1.82, 2.24) is 4.90 Å². The number of ether oxygens (including phenoxy) is 1. The van der Waals surface area contributed by atoms with E-state index in [0.717, 1.165) is 11.1 Å². The first-order chi connectivity index (χ1) is 13.6. The molecular weight excluding hydrogens is 372 g/mol. The van der Waals surface area contributed by atoms with E-state index in [1.165, 1.54) is 16.7 Å². The van der Waals surface area contributed by atoms with Crippen molar-refractivity contribution in [3.63, 3.8) is 0 Å². The summed E-state index contributed by atoms with van der Waals surface area (Å²) in [6.07, 6.45) is 4.99. The molecule has 4 rings (SSSR count).